The number of rotatable bonds is 8. The topological polar surface area (TPSA) is 76.1 Å². The maximum absolute atomic E-state index is 12.9. The van der Waals surface area contributed by atoms with Gasteiger partial charge in [0.15, 0.2) is 0 Å². The number of benzene rings is 2. The van der Waals surface area contributed by atoms with Gasteiger partial charge in [-0.25, -0.2) is 0 Å². The van der Waals surface area contributed by atoms with Crippen molar-refractivity contribution in [3.8, 4) is 5.75 Å². The fraction of sp³-hybridized carbons (Fsp3) is 0.360. The molecule has 6 heteroatoms. The van der Waals surface area contributed by atoms with E-state index in [1.807, 2.05) is 37.3 Å². The van der Waals surface area contributed by atoms with Gasteiger partial charge in [-0.15, -0.1) is 0 Å². The van der Waals surface area contributed by atoms with Crippen LogP contribution in [-0.2, 0) is 14.3 Å². The Balaban J connectivity index is 2.05. The van der Waals surface area contributed by atoms with Crippen molar-refractivity contribution in [2.24, 2.45) is 5.92 Å². The quantitative estimate of drug-likeness (QED) is 0.393. The van der Waals surface area contributed by atoms with Crippen molar-refractivity contribution < 1.29 is 24.2 Å². The van der Waals surface area contributed by atoms with Crippen molar-refractivity contribution in [2.75, 3.05) is 26.9 Å². The molecule has 1 amide bonds. The molecule has 1 aliphatic heterocycles. The molecule has 0 bridgehead atoms. The van der Waals surface area contributed by atoms with Gasteiger partial charge >= 0.3 is 0 Å². The average molecular weight is 424 g/mol. The van der Waals surface area contributed by atoms with E-state index < -0.39 is 17.7 Å². The van der Waals surface area contributed by atoms with Gasteiger partial charge in [-0.2, -0.15) is 0 Å². The van der Waals surface area contributed by atoms with Crippen molar-refractivity contribution in [2.45, 2.75) is 26.8 Å². The van der Waals surface area contributed by atoms with Gasteiger partial charge in [0.1, 0.15) is 11.5 Å². The van der Waals surface area contributed by atoms with Crippen LogP contribution in [-0.4, -0.2) is 48.6 Å². The third-order valence-corrected chi connectivity index (χ3v) is 5.21. The maximum atomic E-state index is 12.9. The van der Waals surface area contributed by atoms with Crippen molar-refractivity contribution in [3.05, 3.63) is 70.8 Å². The Morgan fingerprint density at radius 3 is 2.45 bits per heavy atom. The molecule has 31 heavy (non-hydrogen) atoms. The summed E-state index contributed by atoms with van der Waals surface area (Å²) in [5, 5.41) is 11.1. The Morgan fingerprint density at radius 2 is 1.84 bits per heavy atom. The fourth-order valence-corrected chi connectivity index (χ4v) is 3.65. The Hall–Kier alpha value is -3.12. The summed E-state index contributed by atoms with van der Waals surface area (Å²) in [5.74, 6) is -0.404. The molecular formula is C25H29NO5. The number of nitrogens with zero attached hydrogens (tertiary/aromatic N) is 1. The minimum atomic E-state index is -0.694. The molecular weight excluding hydrogens is 394 g/mol. The molecule has 0 spiro atoms. The smallest absolute Gasteiger partial charge is 0.295 e. The summed E-state index contributed by atoms with van der Waals surface area (Å²) < 4.78 is 10.9. The fourth-order valence-electron chi connectivity index (χ4n) is 3.65. The first kappa shape index (κ1) is 22.6. The van der Waals surface area contributed by atoms with E-state index in [1.54, 1.807) is 25.3 Å². The largest absolute Gasteiger partial charge is 0.507 e. The number of methoxy groups -OCH3 is 1. The number of aryl methyl sites for hydroxylation is 1. The SMILES string of the molecule is COCCN1C(=O)C(=O)/C(=C(/O)c2ccc(OCC(C)C)c(C)c2)[C@@H]1c1ccccc1. The number of ketones is 1. The molecule has 0 aromatic heterocycles. The van der Waals surface area contributed by atoms with E-state index in [2.05, 4.69) is 13.8 Å². The minimum absolute atomic E-state index is 0.0857. The van der Waals surface area contributed by atoms with Gasteiger partial charge in [-0.05, 0) is 42.2 Å². The van der Waals surface area contributed by atoms with Gasteiger partial charge in [-0.1, -0.05) is 44.2 Å². The zero-order valence-electron chi connectivity index (χ0n) is 18.4. The standard InChI is InChI=1S/C25H29NO5/c1-16(2)15-31-20-11-10-19(14-17(20)3)23(27)21-22(18-8-6-5-7-9-18)26(12-13-30-4)25(29)24(21)28/h5-11,14,16,22,27H,12-13,15H2,1-4H3/b23-21+/t22-/m0/s1. The number of hydrogen-bond donors (Lipinski definition) is 1. The highest BCUT2D eigenvalue weighted by atomic mass is 16.5. The minimum Gasteiger partial charge on any atom is -0.507 e. The first-order valence-electron chi connectivity index (χ1n) is 10.4. The Bertz CT molecular complexity index is 981. The van der Waals surface area contributed by atoms with Gasteiger partial charge < -0.3 is 19.5 Å². The number of carbonyl (C=O) groups is 2. The van der Waals surface area contributed by atoms with E-state index in [1.165, 1.54) is 4.90 Å². The van der Waals surface area contributed by atoms with Crippen molar-refractivity contribution >= 4 is 17.4 Å². The highest BCUT2D eigenvalue weighted by molar-refractivity contribution is 6.46. The van der Waals surface area contributed by atoms with E-state index in [0.717, 1.165) is 16.9 Å². The monoisotopic (exact) mass is 423 g/mol. The highest BCUT2D eigenvalue weighted by Gasteiger charge is 2.45. The predicted octanol–water partition coefficient (Wildman–Crippen LogP) is 4.10. The van der Waals surface area contributed by atoms with E-state index in [4.69, 9.17) is 9.47 Å². The number of carbonyl (C=O) groups excluding carboxylic acids is 2. The lowest BCUT2D eigenvalue weighted by Crippen LogP contribution is -2.32. The van der Waals surface area contributed by atoms with Crippen LogP contribution in [0.25, 0.3) is 5.76 Å². The van der Waals surface area contributed by atoms with Crippen LogP contribution in [0.1, 0.15) is 36.6 Å². The molecule has 1 saturated heterocycles. The molecule has 1 atom stereocenters. The molecule has 1 aliphatic rings. The second-order valence-electron chi connectivity index (χ2n) is 8.08. The predicted molar refractivity (Wildman–Crippen MR) is 119 cm³/mol. The number of hydrogen-bond acceptors (Lipinski definition) is 5. The maximum Gasteiger partial charge on any atom is 0.295 e. The molecule has 1 N–H and O–H groups in total. The summed E-state index contributed by atoms with van der Waals surface area (Å²) in [7, 11) is 1.54. The molecule has 0 saturated carbocycles. The second kappa shape index (κ2) is 9.79. The summed E-state index contributed by atoms with van der Waals surface area (Å²) in [6.45, 7) is 7.16. The summed E-state index contributed by atoms with van der Waals surface area (Å²) in [4.78, 5) is 27.2. The van der Waals surface area contributed by atoms with Crippen LogP contribution < -0.4 is 4.74 Å². The van der Waals surface area contributed by atoms with Crippen molar-refractivity contribution in [1.82, 2.24) is 4.90 Å². The molecule has 164 valence electrons. The van der Waals surface area contributed by atoms with Gasteiger partial charge in [0.05, 0.1) is 24.8 Å². The Kier molecular flexibility index (Phi) is 7.13. The Labute approximate surface area is 183 Å². The van der Waals surface area contributed by atoms with Gasteiger partial charge in [0, 0.05) is 19.2 Å². The molecule has 0 radical (unpaired) electrons. The van der Waals surface area contributed by atoms with Crippen LogP contribution in [0.15, 0.2) is 54.1 Å². The molecule has 0 unspecified atom stereocenters. The first-order chi connectivity index (χ1) is 14.8. The Morgan fingerprint density at radius 1 is 1.13 bits per heavy atom. The third-order valence-electron chi connectivity index (χ3n) is 5.21. The van der Waals surface area contributed by atoms with Gasteiger partial charge in [0.2, 0.25) is 0 Å². The van der Waals surface area contributed by atoms with E-state index in [0.29, 0.717) is 18.1 Å². The van der Waals surface area contributed by atoms with Crippen molar-refractivity contribution in [3.63, 3.8) is 0 Å². The van der Waals surface area contributed by atoms with Crippen LogP contribution in [0.3, 0.4) is 0 Å². The molecule has 1 fully saturated rings. The third kappa shape index (κ3) is 4.80. The highest BCUT2D eigenvalue weighted by Crippen LogP contribution is 2.39. The zero-order valence-corrected chi connectivity index (χ0v) is 18.4. The number of Topliss-reactive ketones (excluding diaryl/α,β-unsaturated/α-hetero) is 1. The molecule has 6 nitrogen and oxygen atoms in total. The summed E-state index contributed by atoms with van der Waals surface area (Å²) in [6.07, 6.45) is 0. The van der Waals surface area contributed by atoms with Crippen LogP contribution in [0, 0.1) is 12.8 Å². The lowest BCUT2D eigenvalue weighted by Gasteiger charge is -2.25. The van der Waals surface area contributed by atoms with Crippen LogP contribution in [0.4, 0.5) is 0 Å². The van der Waals surface area contributed by atoms with E-state index in [-0.39, 0.29) is 24.5 Å². The molecule has 3 rings (SSSR count). The number of aliphatic hydroxyl groups is 1. The number of amides is 1. The first-order valence-corrected chi connectivity index (χ1v) is 10.4. The molecule has 0 aliphatic carbocycles. The summed E-state index contributed by atoms with van der Waals surface area (Å²) in [5.41, 5.74) is 2.16. The van der Waals surface area contributed by atoms with Crippen molar-refractivity contribution in [1.29, 1.82) is 0 Å². The average Bonchev–Trinajstić information content (AvgIpc) is 3.01. The normalized spacial score (nSPS) is 18.1. The van der Waals surface area contributed by atoms with Gasteiger partial charge in [0.25, 0.3) is 11.7 Å². The molecule has 1 heterocycles. The molecule has 2 aromatic carbocycles. The zero-order chi connectivity index (χ0) is 22.5. The van der Waals surface area contributed by atoms with E-state index in [9.17, 15) is 14.7 Å². The lowest BCUT2D eigenvalue weighted by atomic mass is 9.95. The van der Waals surface area contributed by atoms with E-state index >= 15 is 0 Å². The summed E-state index contributed by atoms with van der Waals surface area (Å²) in [6, 6.07) is 13.8. The van der Waals surface area contributed by atoms with Crippen LogP contribution in [0.5, 0.6) is 5.75 Å². The number of likely N-dealkylation sites (tertiary alicyclic amines) is 1. The second-order valence-corrected chi connectivity index (χ2v) is 8.08. The van der Waals surface area contributed by atoms with Crippen LogP contribution in [0.2, 0.25) is 0 Å². The van der Waals surface area contributed by atoms with Crippen LogP contribution >= 0.6 is 0 Å². The number of ether oxygens (including phenoxy) is 2. The van der Waals surface area contributed by atoms with Gasteiger partial charge in [-0.3, -0.25) is 9.59 Å². The lowest BCUT2D eigenvalue weighted by molar-refractivity contribution is -0.140. The summed E-state index contributed by atoms with van der Waals surface area (Å²) >= 11 is 0. The number of aliphatic hydroxyl groups excluding tert-OH is 1. The molecule has 2 aromatic rings.